The first-order valence-electron chi connectivity index (χ1n) is 8.94. The third-order valence-electron chi connectivity index (χ3n) is 4.92. The van der Waals surface area contributed by atoms with Crippen LogP contribution < -0.4 is 15.8 Å². The fourth-order valence-corrected chi connectivity index (χ4v) is 3.47. The molecule has 0 bridgehead atoms. The minimum atomic E-state index is -0.270. The van der Waals surface area contributed by atoms with Gasteiger partial charge in [-0.25, -0.2) is 9.97 Å². The van der Waals surface area contributed by atoms with E-state index in [4.69, 9.17) is 22.1 Å². The highest BCUT2D eigenvalue weighted by Crippen LogP contribution is 2.30. The molecule has 0 aliphatic carbocycles. The SMILES string of the molecule is COc1ncc([C@@H]2CCCN([C@@H](C)C(=O)Nc3ccc(Cl)cn3)C2)cc1N. The largest absolute Gasteiger partial charge is 0.480 e. The molecule has 1 aliphatic heterocycles. The monoisotopic (exact) mass is 389 g/mol. The van der Waals surface area contributed by atoms with Crippen LogP contribution in [0.2, 0.25) is 5.02 Å². The van der Waals surface area contributed by atoms with Gasteiger partial charge in [0.2, 0.25) is 11.8 Å². The molecule has 2 aromatic heterocycles. The molecule has 7 nitrogen and oxygen atoms in total. The van der Waals surface area contributed by atoms with E-state index < -0.39 is 0 Å². The number of halogens is 1. The van der Waals surface area contributed by atoms with E-state index >= 15 is 0 Å². The molecule has 3 heterocycles. The normalized spacial score (nSPS) is 18.7. The van der Waals surface area contributed by atoms with E-state index in [1.165, 1.54) is 6.20 Å². The predicted molar refractivity (Wildman–Crippen MR) is 106 cm³/mol. The Morgan fingerprint density at radius 3 is 2.89 bits per heavy atom. The fourth-order valence-electron chi connectivity index (χ4n) is 3.36. The number of anilines is 2. The maximum atomic E-state index is 12.6. The molecule has 27 heavy (non-hydrogen) atoms. The number of nitrogens with two attached hydrogens (primary N) is 1. The number of likely N-dealkylation sites (tertiary alicyclic amines) is 1. The van der Waals surface area contributed by atoms with Crippen LogP contribution in [0.4, 0.5) is 11.5 Å². The summed E-state index contributed by atoms with van der Waals surface area (Å²) in [6, 6.07) is 5.04. The summed E-state index contributed by atoms with van der Waals surface area (Å²) in [5.74, 6) is 1.13. The minimum absolute atomic E-state index is 0.0853. The van der Waals surface area contributed by atoms with Gasteiger partial charge in [0.1, 0.15) is 5.82 Å². The van der Waals surface area contributed by atoms with Crippen LogP contribution in [0.1, 0.15) is 31.2 Å². The Hall–Kier alpha value is -2.38. The summed E-state index contributed by atoms with van der Waals surface area (Å²) in [6.07, 6.45) is 5.37. The lowest BCUT2D eigenvalue weighted by molar-refractivity contribution is -0.121. The number of carbonyl (C=O) groups is 1. The van der Waals surface area contributed by atoms with Gasteiger partial charge in [0, 0.05) is 18.9 Å². The smallest absolute Gasteiger partial charge is 0.242 e. The van der Waals surface area contributed by atoms with E-state index in [0.717, 1.165) is 31.5 Å². The second-order valence-electron chi connectivity index (χ2n) is 6.73. The van der Waals surface area contributed by atoms with Crippen molar-refractivity contribution < 1.29 is 9.53 Å². The van der Waals surface area contributed by atoms with Gasteiger partial charge in [0.05, 0.1) is 23.9 Å². The van der Waals surface area contributed by atoms with Gasteiger partial charge in [-0.1, -0.05) is 11.6 Å². The van der Waals surface area contributed by atoms with Gasteiger partial charge in [0.15, 0.2) is 0 Å². The van der Waals surface area contributed by atoms with E-state index in [9.17, 15) is 4.79 Å². The van der Waals surface area contributed by atoms with Gasteiger partial charge in [-0.05, 0) is 56.0 Å². The Labute approximate surface area is 163 Å². The van der Waals surface area contributed by atoms with Crippen LogP contribution >= 0.6 is 11.6 Å². The van der Waals surface area contributed by atoms with Crippen molar-refractivity contribution in [2.75, 3.05) is 31.2 Å². The quantitative estimate of drug-likeness (QED) is 0.816. The molecule has 3 N–H and O–H groups in total. The van der Waals surface area contributed by atoms with Crippen molar-refractivity contribution in [3.8, 4) is 5.88 Å². The van der Waals surface area contributed by atoms with Gasteiger partial charge < -0.3 is 15.8 Å². The maximum absolute atomic E-state index is 12.6. The molecule has 2 atom stereocenters. The number of rotatable bonds is 5. The van der Waals surface area contributed by atoms with E-state index in [-0.39, 0.29) is 17.9 Å². The molecule has 144 valence electrons. The van der Waals surface area contributed by atoms with Crippen molar-refractivity contribution in [2.24, 2.45) is 0 Å². The van der Waals surface area contributed by atoms with Crippen LogP contribution in [0.15, 0.2) is 30.6 Å². The molecule has 0 spiro atoms. The summed E-state index contributed by atoms with van der Waals surface area (Å²) in [5.41, 5.74) is 7.60. The lowest BCUT2D eigenvalue weighted by Crippen LogP contribution is -2.46. The Morgan fingerprint density at radius 1 is 1.41 bits per heavy atom. The van der Waals surface area contributed by atoms with Crippen LogP contribution in [0.25, 0.3) is 0 Å². The minimum Gasteiger partial charge on any atom is -0.480 e. The maximum Gasteiger partial charge on any atom is 0.242 e. The Morgan fingerprint density at radius 2 is 2.22 bits per heavy atom. The van der Waals surface area contributed by atoms with Crippen molar-refractivity contribution in [3.05, 3.63) is 41.2 Å². The lowest BCUT2D eigenvalue weighted by Gasteiger charge is -2.36. The standard InChI is InChI=1S/C19H24ClN5O2/c1-12(18(26)24-17-6-5-15(20)10-22-17)25-7-3-4-13(11-25)14-8-16(21)19(27-2)23-9-14/h5-6,8-10,12-13H,3-4,7,11,21H2,1-2H3,(H,22,24,26)/t12-,13+/m0/s1. The van der Waals surface area contributed by atoms with E-state index in [0.29, 0.717) is 22.4 Å². The number of nitrogens with one attached hydrogen (secondary N) is 1. The first-order valence-corrected chi connectivity index (χ1v) is 9.31. The van der Waals surface area contributed by atoms with E-state index in [1.807, 2.05) is 19.2 Å². The van der Waals surface area contributed by atoms with E-state index in [1.54, 1.807) is 19.2 Å². The zero-order valence-electron chi connectivity index (χ0n) is 15.5. The molecule has 0 unspecified atom stereocenters. The highest BCUT2D eigenvalue weighted by molar-refractivity contribution is 6.30. The van der Waals surface area contributed by atoms with Crippen LogP contribution in [0, 0.1) is 0 Å². The topological polar surface area (TPSA) is 93.4 Å². The summed E-state index contributed by atoms with van der Waals surface area (Å²) >= 11 is 5.83. The van der Waals surface area contributed by atoms with Crippen molar-refractivity contribution in [1.29, 1.82) is 0 Å². The second kappa shape index (κ2) is 8.54. The number of hydrogen-bond donors (Lipinski definition) is 2. The molecule has 3 rings (SSSR count). The van der Waals surface area contributed by atoms with Gasteiger partial charge in [-0.15, -0.1) is 0 Å². The van der Waals surface area contributed by atoms with Gasteiger partial charge >= 0.3 is 0 Å². The number of methoxy groups -OCH3 is 1. The number of ether oxygens (including phenoxy) is 1. The summed E-state index contributed by atoms with van der Waals surface area (Å²) in [7, 11) is 1.55. The van der Waals surface area contributed by atoms with Crippen molar-refractivity contribution in [2.45, 2.75) is 31.7 Å². The molecule has 2 aromatic rings. The molecular formula is C19H24ClN5O2. The van der Waals surface area contributed by atoms with Crippen molar-refractivity contribution in [3.63, 3.8) is 0 Å². The van der Waals surface area contributed by atoms with Crippen molar-refractivity contribution in [1.82, 2.24) is 14.9 Å². The molecule has 0 radical (unpaired) electrons. The number of amides is 1. The third kappa shape index (κ3) is 4.67. The highest BCUT2D eigenvalue weighted by atomic mass is 35.5. The fraction of sp³-hybridized carbons (Fsp3) is 0.421. The molecule has 1 amide bonds. The number of hydrogen-bond acceptors (Lipinski definition) is 6. The first-order chi connectivity index (χ1) is 13.0. The first kappa shape index (κ1) is 19.4. The third-order valence-corrected chi connectivity index (χ3v) is 5.15. The molecule has 0 aromatic carbocycles. The molecule has 0 saturated carbocycles. The van der Waals surface area contributed by atoms with Crippen LogP contribution in [-0.2, 0) is 4.79 Å². The zero-order valence-corrected chi connectivity index (χ0v) is 16.2. The Balaban J connectivity index is 1.65. The molecule has 8 heteroatoms. The number of nitrogens with zero attached hydrogens (tertiary/aromatic N) is 3. The molecule has 1 saturated heterocycles. The number of piperidine rings is 1. The summed E-state index contributed by atoms with van der Waals surface area (Å²) in [5, 5.41) is 3.38. The Bertz CT molecular complexity index is 799. The highest BCUT2D eigenvalue weighted by Gasteiger charge is 2.28. The number of nitrogen functional groups attached to an aromatic ring is 1. The van der Waals surface area contributed by atoms with E-state index in [2.05, 4.69) is 20.2 Å². The molecular weight excluding hydrogens is 366 g/mol. The molecule has 1 fully saturated rings. The average molecular weight is 390 g/mol. The number of aromatic nitrogens is 2. The van der Waals surface area contributed by atoms with Gasteiger partial charge in [-0.2, -0.15) is 0 Å². The summed E-state index contributed by atoms with van der Waals surface area (Å²) in [6.45, 7) is 3.56. The van der Waals surface area contributed by atoms with Crippen molar-refractivity contribution >= 4 is 29.0 Å². The summed E-state index contributed by atoms with van der Waals surface area (Å²) < 4.78 is 5.13. The van der Waals surface area contributed by atoms with Crippen LogP contribution in [-0.4, -0.2) is 47.0 Å². The number of carbonyl (C=O) groups excluding carboxylic acids is 1. The summed E-state index contributed by atoms with van der Waals surface area (Å²) in [4.78, 5) is 23.2. The Kier molecular flexibility index (Phi) is 6.13. The van der Waals surface area contributed by atoms with Crippen LogP contribution in [0.3, 0.4) is 0 Å². The zero-order chi connectivity index (χ0) is 19.4. The number of pyridine rings is 2. The second-order valence-corrected chi connectivity index (χ2v) is 7.16. The van der Waals surface area contributed by atoms with Gasteiger partial charge in [0.25, 0.3) is 0 Å². The average Bonchev–Trinajstić information content (AvgIpc) is 2.69. The molecule has 1 aliphatic rings. The predicted octanol–water partition coefficient (Wildman–Crippen LogP) is 2.93. The van der Waals surface area contributed by atoms with Crippen LogP contribution in [0.5, 0.6) is 5.88 Å². The van der Waals surface area contributed by atoms with Gasteiger partial charge in [-0.3, -0.25) is 9.69 Å². The lowest BCUT2D eigenvalue weighted by atomic mass is 9.90.